The normalized spacial score (nSPS) is 11.8. The number of ether oxygens (including phenoxy) is 1. The fourth-order valence-electron chi connectivity index (χ4n) is 3.71. The number of hydrogen-bond acceptors (Lipinski definition) is 4. The summed E-state index contributed by atoms with van der Waals surface area (Å²) in [5.41, 5.74) is 12.5. The largest absolute Gasteiger partial charge is 0.497 e. The summed E-state index contributed by atoms with van der Waals surface area (Å²) in [6, 6.07) is 24.5. The van der Waals surface area contributed by atoms with Crippen molar-refractivity contribution in [1.29, 1.82) is 0 Å². The molecular weight excluding hydrogens is 404 g/mol. The zero-order valence-electron chi connectivity index (χ0n) is 17.6. The SMILES string of the molecule is COc1ccc([C@H](Cc2ccc(-c3ccc(C(C)=O)cc3)cc2)c2csc(N)[nH+]2)cc1. The van der Waals surface area contributed by atoms with Gasteiger partial charge in [-0.3, -0.25) is 10.5 Å². The average molecular weight is 430 g/mol. The molecule has 4 nitrogen and oxygen atoms in total. The molecule has 3 N–H and O–H groups in total. The topological polar surface area (TPSA) is 66.5 Å². The van der Waals surface area contributed by atoms with Gasteiger partial charge < -0.3 is 4.74 Å². The van der Waals surface area contributed by atoms with Gasteiger partial charge in [0.05, 0.1) is 13.0 Å². The summed E-state index contributed by atoms with van der Waals surface area (Å²) in [4.78, 5) is 14.8. The first-order valence-electron chi connectivity index (χ1n) is 10.1. The van der Waals surface area contributed by atoms with E-state index in [1.807, 2.05) is 36.4 Å². The molecule has 0 unspecified atom stereocenters. The molecule has 0 aliphatic rings. The second kappa shape index (κ2) is 9.14. The van der Waals surface area contributed by atoms with E-state index in [0.29, 0.717) is 5.13 Å². The first kappa shape index (κ1) is 20.8. The maximum atomic E-state index is 11.5. The molecule has 0 radical (unpaired) electrons. The minimum Gasteiger partial charge on any atom is -0.497 e. The highest BCUT2D eigenvalue weighted by Crippen LogP contribution is 2.30. The van der Waals surface area contributed by atoms with Gasteiger partial charge in [-0.25, -0.2) is 4.98 Å². The third-order valence-electron chi connectivity index (χ3n) is 5.49. The van der Waals surface area contributed by atoms with E-state index in [4.69, 9.17) is 10.5 Å². The van der Waals surface area contributed by atoms with E-state index in [2.05, 4.69) is 46.8 Å². The third-order valence-corrected chi connectivity index (χ3v) is 6.22. The van der Waals surface area contributed by atoms with Crippen molar-refractivity contribution in [2.45, 2.75) is 19.3 Å². The Morgan fingerprint density at radius 3 is 2.10 bits per heavy atom. The predicted molar refractivity (Wildman–Crippen MR) is 126 cm³/mol. The molecule has 0 spiro atoms. The number of benzene rings is 3. The van der Waals surface area contributed by atoms with Crippen LogP contribution in [-0.4, -0.2) is 12.9 Å². The Bertz CT molecular complexity index is 1160. The van der Waals surface area contributed by atoms with Crippen molar-refractivity contribution in [3.05, 3.63) is 101 Å². The van der Waals surface area contributed by atoms with Crippen LogP contribution >= 0.6 is 11.3 Å². The van der Waals surface area contributed by atoms with E-state index >= 15 is 0 Å². The molecule has 0 saturated heterocycles. The average Bonchev–Trinajstić information content (AvgIpc) is 3.24. The van der Waals surface area contributed by atoms with Gasteiger partial charge in [-0.2, -0.15) is 0 Å². The van der Waals surface area contributed by atoms with E-state index in [9.17, 15) is 4.79 Å². The number of rotatable bonds is 7. The molecule has 0 aliphatic heterocycles. The van der Waals surface area contributed by atoms with Crippen LogP contribution in [0, 0.1) is 0 Å². The second-order valence-electron chi connectivity index (χ2n) is 7.54. The highest BCUT2D eigenvalue weighted by Gasteiger charge is 2.20. The van der Waals surface area contributed by atoms with Crippen LogP contribution in [-0.2, 0) is 6.42 Å². The molecule has 31 heavy (non-hydrogen) atoms. The Morgan fingerprint density at radius 2 is 1.58 bits per heavy atom. The molecule has 5 heteroatoms. The van der Waals surface area contributed by atoms with Crippen molar-refractivity contribution in [1.82, 2.24) is 0 Å². The molecule has 3 aromatic carbocycles. The van der Waals surface area contributed by atoms with E-state index in [1.165, 1.54) is 22.5 Å². The number of nitrogens with two attached hydrogens (primary N) is 1. The summed E-state index contributed by atoms with van der Waals surface area (Å²) in [5.74, 6) is 1.09. The summed E-state index contributed by atoms with van der Waals surface area (Å²) in [6.45, 7) is 1.58. The van der Waals surface area contributed by atoms with Gasteiger partial charge in [0.25, 0.3) is 0 Å². The number of carbonyl (C=O) groups excluding carboxylic acids is 1. The quantitative estimate of drug-likeness (QED) is 0.400. The number of Topliss-reactive ketones (excluding diaryl/α,β-unsaturated/α-hetero) is 1. The Morgan fingerprint density at radius 1 is 0.968 bits per heavy atom. The number of H-pyrrole nitrogens is 1. The van der Waals surface area contributed by atoms with Gasteiger partial charge >= 0.3 is 5.13 Å². The molecule has 1 atom stereocenters. The van der Waals surface area contributed by atoms with Crippen LogP contribution in [0.3, 0.4) is 0 Å². The Hall–Kier alpha value is -3.44. The first-order valence-corrected chi connectivity index (χ1v) is 11.0. The number of aromatic nitrogens is 1. The minimum atomic E-state index is 0.0809. The van der Waals surface area contributed by atoms with Gasteiger partial charge in [0.1, 0.15) is 11.4 Å². The zero-order valence-corrected chi connectivity index (χ0v) is 18.4. The highest BCUT2D eigenvalue weighted by atomic mass is 32.1. The van der Waals surface area contributed by atoms with E-state index in [0.717, 1.165) is 34.6 Å². The molecule has 4 aromatic rings. The lowest BCUT2D eigenvalue weighted by Gasteiger charge is -2.15. The number of thiazole rings is 1. The zero-order chi connectivity index (χ0) is 21.8. The van der Waals surface area contributed by atoms with Crippen molar-refractivity contribution in [2.75, 3.05) is 12.8 Å². The number of hydrogen-bond donors (Lipinski definition) is 1. The van der Waals surface area contributed by atoms with Gasteiger partial charge in [0, 0.05) is 10.9 Å². The molecule has 1 aromatic heterocycles. The van der Waals surface area contributed by atoms with E-state index in [1.54, 1.807) is 14.0 Å². The van der Waals surface area contributed by atoms with Crippen molar-refractivity contribution >= 4 is 22.3 Å². The minimum absolute atomic E-state index is 0.0809. The van der Waals surface area contributed by atoms with Crippen LogP contribution in [0.15, 0.2) is 78.2 Å². The van der Waals surface area contributed by atoms with E-state index < -0.39 is 0 Å². The van der Waals surface area contributed by atoms with Gasteiger partial charge in [0.2, 0.25) is 0 Å². The smallest absolute Gasteiger partial charge is 0.329 e. The number of ketones is 1. The summed E-state index contributed by atoms with van der Waals surface area (Å²) < 4.78 is 5.31. The van der Waals surface area contributed by atoms with Gasteiger partial charge in [0.15, 0.2) is 5.78 Å². The summed E-state index contributed by atoms with van der Waals surface area (Å²) >= 11 is 1.52. The molecule has 1 heterocycles. The summed E-state index contributed by atoms with van der Waals surface area (Å²) in [7, 11) is 1.68. The Labute approximate surface area is 186 Å². The van der Waals surface area contributed by atoms with Crippen LogP contribution < -0.4 is 15.5 Å². The molecule has 0 bridgehead atoms. The van der Waals surface area contributed by atoms with Gasteiger partial charge in [-0.1, -0.05) is 72.0 Å². The second-order valence-corrected chi connectivity index (χ2v) is 8.45. The van der Waals surface area contributed by atoms with Crippen molar-refractivity contribution in [2.24, 2.45) is 0 Å². The maximum absolute atomic E-state index is 11.5. The molecule has 0 aliphatic carbocycles. The number of anilines is 1. The molecule has 4 rings (SSSR count). The predicted octanol–water partition coefficient (Wildman–Crippen LogP) is 5.40. The Balaban J connectivity index is 1.58. The van der Waals surface area contributed by atoms with Crippen LogP contribution in [0.4, 0.5) is 5.13 Å². The molecule has 0 fully saturated rings. The number of methoxy groups -OCH3 is 1. The lowest BCUT2D eigenvalue weighted by molar-refractivity contribution is -0.368. The number of carbonyl (C=O) groups is 1. The van der Waals surface area contributed by atoms with Gasteiger partial charge in [-0.05, 0) is 47.7 Å². The van der Waals surface area contributed by atoms with E-state index in [-0.39, 0.29) is 11.7 Å². The summed E-state index contributed by atoms with van der Waals surface area (Å²) in [5, 5.41) is 2.80. The van der Waals surface area contributed by atoms with Crippen molar-refractivity contribution in [3.8, 4) is 16.9 Å². The Kier molecular flexibility index (Phi) is 6.14. The monoisotopic (exact) mass is 429 g/mol. The van der Waals surface area contributed by atoms with Gasteiger partial charge in [-0.15, -0.1) is 0 Å². The number of nitrogen functional groups attached to an aromatic ring is 1. The molecule has 0 saturated carbocycles. The van der Waals surface area contributed by atoms with Crippen molar-refractivity contribution in [3.63, 3.8) is 0 Å². The lowest BCUT2D eigenvalue weighted by atomic mass is 9.89. The molecular formula is C26H25N2O2S+. The molecule has 156 valence electrons. The van der Waals surface area contributed by atoms with Crippen LogP contribution in [0.5, 0.6) is 5.75 Å². The fraction of sp³-hybridized carbons (Fsp3) is 0.154. The molecule has 0 amide bonds. The van der Waals surface area contributed by atoms with Crippen LogP contribution in [0.2, 0.25) is 0 Å². The standard InChI is InChI=1S/C26H24N2O2S/c1-17(29)19-7-9-21(10-8-19)20-5-3-18(4-6-20)15-24(25-16-31-26(27)28-25)22-11-13-23(30-2)14-12-22/h3-14,16,24H,15H2,1-2H3,(H2,27,28)/p+1/t24-/m0/s1. The van der Waals surface area contributed by atoms with Crippen LogP contribution in [0.25, 0.3) is 11.1 Å². The summed E-state index contributed by atoms with van der Waals surface area (Å²) in [6.07, 6.45) is 0.850. The maximum Gasteiger partial charge on any atom is 0.329 e. The third kappa shape index (κ3) is 4.84. The number of nitrogens with one attached hydrogen (secondary N) is 1. The van der Waals surface area contributed by atoms with Crippen molar-refractivity contribution < 1.29 is 14.5 Å². The highest BCUT2D eigenvalue weighted by molar-refractivity contribution is 7.13. The number of aromatic amines is 1. The fourth-order valence-corrected chi connectivity index (χ4v) is 4.36. The van der Waals surface area contributed by atoms with Crippen LogP contribution in [0.1, 0.15) is 40.0 Å². The first-order chi connectivity index (χ1) is 15.0. The lowest BCUT2D eigenvalue weighted by Crippen LogP contribution is -2.17.